The normalized spacial score (nSPS) is 21.1. The molecule has 1 heterocycles. The summed E-state index contributed by atoms with van der Waals surface area (Å²) in [5.41, 5.74) is -0.405. The first-order valence-electron chi connectivity index (χ1n) is 3.86. The maximum absolute atomic E-state index is 4.05. The zero-order valence-corrected chi connectivity index (χ0v) is 7.50. The van der Waals surface area contributed by atoms with E-state index in [4.69, 9.17) is 0 Å². The van der Waals surface area contributed by atoms with E-state index in [0.29, 0.717) is 0 Å². The van der Waals surface area contributed by atoms with Crippen molar-refractivity contribution in [1.29, 1.82) is 0 Å². The minimum atomic E-state index is -0.410. The molecule has 0 aromatic rings. The van der Waals surface area contributed by atoms with Gasteiger partial charge in [-0.05, 0) is 16.9 Å². The van der Waals surface area contributed by atoms with Crippen molar-refractivity contribution in [3.8, 4) is 0 Å². The van der Waals surface area contributed by atoms with Crippen molar-refractivity contribution in [1.82, 2.24) is 0 Å². The van der Waals surface area contributed by atoms with E-state index >= 15 is 0 Å². The van der Waals surface area contributed by atoms with Gasteiger partial charge in [0.2, 0.25) is 0 Å². The maximum atomic E-state index is 4.05. The molecular weight excluding hydrogens is 140 g/mol. The summed E-state index contributed by atoms with van der Waals surface area (Å²) >= 11 is 0. The third kappa shape index (κ3) is 1.17. The molecule has 4 nitrogen and oxygen atoms in total. The second-order valence-electron chi connectivity index (χ2n) is 3.80. The van der Waals surface area contributed by atoms with Gasteiger partial charge in [0.05, 0.1) is 0 Å². The van der Waals surface area contributed by atoms with Crippen LogP contribution < -0.4 is 0 Å². The minimum Gasteiger partial charge on any atom is -0.134 e. The summed E-state index contributed by atoms with van der Waals surface area (Å²) in [6, 6.07) is 0. The van der Waals surface area contributed by atoms with Gasteiger partial charge in [0.1, 0.15) is 0 Å². The predicted octanol–water partition coefficient (Wildman–Crippen LogP) is 2.97. The Kier molecular flexibility index (Phi) is 1.78. The zero-order chi connectivity index (χ0) is 8.54. The minimum absolute atomic E-state index is 0.00521. The number of hydrogen-bond donors (Lipinski definition) is 0. The van der Waals surface area contributed by atoms with Crippen LogP contribution in [0.1, 0.15) is 34.1 Å². The van der Waals surface area contributed by atoms with E-state index in [0.717, 1.165) is 6.42 Å². The van der Waals surface area contributed by atoms with Crippen molar-refractivity contribution in [2.75, 3.05) is 0 Å². The van der Waals surface area contributed by atoms with E-state index in [1.54, 1.807) is 0 Å². The largest absolute Gasteiger partial charge is 0.199 e. The molecule has 11 heavy (non-hydrogen) atoms. The van der Waals surface area contributed by atoms with Gasteiger partial charge < -0.3 is 0 Å². The van der Waals surface area contributed by atoms with Gasteiger partial charge in [-0.3, -0.25) is 0 Å². The van der Waals surface area contributed by atoms with Crippen molar-refractivity contribution < 1.29 is 0 Å². The van der Waals surface area contributed by atoms with Gasteiger partial charge >= 0.3 is 0 Å². The van der Waals surface area contributed by atoms with E-state index in [9.17, 15) is 0 Å². The SMILES string of the molecule is CCC1(C(C)(C)C)N=NN=N1. The Labute approximate surface area is 66.8 Å². The molecule has 0 N–H and O–H groups in total. The number of hydrogen-bond acceptors (Lipinski definition) is 4. The molecule has 0 saturated carbocycles. The van der Waals surface area contributed by atoms with Crippen LogP contribution in [0.2, 0.25) is 0 Å². The van der Waals surface area contributed by atoms with Gasteiger partial charge in [-0.15, -0.1) is 10.2 Å². The Morgan fingerprint density at radius 1 is 1.09 bits per heavy atom. The highest BCUT2D eigenvalue weighted by Gasteiger charge is 2.43. The zero-order valence-electron chi connectivity index (χ0n) is 7.50. The molecule has 0 fully saturated rings. The fraction of sp³-hybridized carbons (Fsp3) is 1.00. The molecule has 1 rings (SSSR count). The Hall–Kier alpha value is -0.800. The molecule has 0 spiro atoms. The molecule has 0 amide bonds. The molecule has 4 heteroatoms. The standard InChI is InChI=1S/C7H14N4/c1-5-7(6(2,3)4)8-10-11-9-7/h5H2,1-4H3. The fourth-order valence-electron chi connectivity index (χ4n) is 1.18. The van der Waals surface area contributed by atoms with Crippen molar-refractivity contribution in [2.45, 2.75) is 39.8 Å². The van der Waals surface area contributed by atoms with E-state index in [1.165, 1.54) is 0 Å². The molecule has 0 bridgehead atoms. The summed E-state index contributed by atoms with van der Waals surface area (Å²) in [6.45, 7) is 8.34. The number of rotatable bonds is 1. The molecule has 1 aliphatic rings. The van der Waals surface area contributed by atoms with E-state index in [2.05, 4.69) is 48.4 Å². The van der Waals surface area contributed by atoms with Crippen LogP contribution in [-0.4, -0.2) is 5.66 Å². The Bertz CT molecular complexity index is 187. The van der Waals surface area contributed by atoms with E-state index < -0.39 is 5.66 Å². The second kappa shape index (κ2) is 2.36. The molecule has 0 radical (unpaired) electrons. The maximum Gasteiger partial charge on any atom is 0.199 e. The first-order chi connectivity index (χ1) is 5.02. The molecule has 0 aliphatic carbocycles. The van der Waals surface area contributed by atoms with Gasteiger partial charge in [-0.2, -0.15) is 0 Å². The first kappa shape index (κ1) is 8.30. The third-order valence-corrected chi connectivity index (χ3v) is 2.15. The van der Waals surface area contributed by atoms with Crippen LogP contribution in [0.15, 0.2) is 20.7 Å². The van der Waals surface area contributed by atoms with Crippen molar-refractivity contribution in [2.24, 2.45) is 26.1 Å². The monoisotopic (exact) mass is 154 g/mol. The van der Waals surface area contributed by atoms with Crippen molar-refractivity contribution >= 4 is 0 Å². The fourth-order valence-corrected chi connectivity index (χ4v) is 1.18. The quantitative estimate of drug-likeness (QED) is 0.557. The molecule has 62 valence electrons. The topological polar surface area (TPSA) is 49.4 Å². The summed E-state index contributed by atoms with van der Waals surface area (Å²) in [5, 5.41) is 15.2. The van der Waals surface area contributed by atoms with Crippen molar-refractivity contribution in [3.05, 3.63) is 0 Å². The smallest absolute Gasteiger partial charge is 0.134 e. The summed E-state index contributed by atoms with van der Waals surface area (Å²) < 4.78 is 0. The van der Waals surface area contributed by atoms with Crippen LogP contribution in [0.4, 0.5) is 0 Å². The third-order valence-electron chi connectivity index (χ3n) is 2.15. The average Bonchev–Trinajstić information content (AvgIpc) is 2.33. The van der Waals surface area contributed by atoms with Gasteiger partial charge in [-0.1, -0.05) is 27.7 Å². The Morgan fingerprint density at radius 2 is 1.55 bits per heavy atom. The lowest BCUT2D eigenvalue weighted by atomic mass is 9.80. The van der Waals surface area contributed by atoms with Crippen molar-refractivity contribution in [3.63, 3.8) is 0 Å². The summed E-state index contributed by atoms with van der Waals surface area (Å²) in [7, 11) is 0. The van der Waals surface area contributed by atoms with Gasteiger partial charge in [0.25, 0.3) is 0 Å². The van der Waals surface area contributed by atoms with Crippen LogP contribution in [0.3, 0.4) is 0 Å². The van der Waals surface area contributed by atoms with Gasteiger partial charge in [0.15, 0.2) is 5.66 Å². The number of nitrogens with zero attached hydrogens (tertiary/aromatic N) is 4. The molecule has 1 aliphatic heterocycles. The highest BCUT2D eigenvalue weighted by Crippen LogP contribution is 2.40. The molecule has 0 unspecified atom stereocenters. The second-order valence-corrected chi connectivity index (χ2v) is 3.80. The lowest BCUT2D eigenvalue weighted by Crippen LogP contribution is -2.36. The molecular formula is C7H14N4. The van der Waals surface area contributed by atoms with Crippen LogP contribution in [0, 0.1) is 5.41 Å². The van der Waals surface area contributed by atoms with Crippen LogP contribution in [-0.2, 0) is 0 Å². The highest BCUT2D eigenvalue weighted by molar-refractivity contribution is 4.94. The Morgan fingerprint density at radius 3 is 1.73 bits per heavy atom. The average molecular weight is 154 g/mol. The Balaban J connectivity index is 2.95. The lowest BCUT2D eigenvalue weighted by molar-refractivity contribution is 0.189. The lowest BCUT2D eigenvalue weighted by Gasteiger charge is -2.32. The van der Waals surface area contributed by atoms with Crippen LogP contribution >= 0.6 is 0 Å². The molecule has 0 aromatic heterocycles. The van der Waals surface area contributed by atoms with Crippen LogP contribution in [0.5, 0.6) is 0 Å². The molecule has 0 aromatic carbocycles. The summed E-state index contributed by atoms with van der Waals surface area (Å²) in [6.07, 6.45) is 0.851. The summed E-state index contributed by atoms with van der Waals surface area (Å²) in [4.78, 5) is 0. The summed E-state index contributed by atoms with van der Waals surface area (Å²) in [5.74, 6) is 0. The predicted molar refractivity (Wildman–Crippen MR) is 42.2 cm³/mol. The molecule has 0 saturated heterocycles. The molecule has 0 atom stereocenters. The van der Waals surface area contributed by atoms with E-state index in [1.807, 2.05) is 0 Å². The van der Waals surface area contributed by atoms with Gasteiger partial charge in [0, 0.05) is 5.41 Å². The van der Waals surface area contributed by atoms with Gasteiger partial charge in [-0.25, -0.2) is 0 Å². The first-order valence-corrected chi connectivity index (χ1v) is 3.86. The van der Waals surface area contributed by atoms with E-state index in [-0.39, 0.29) is 5.41 Å². The highest BCUT2D eigenvalue weighted by atomic mass is 15.6. The van der Waals surface area contributed by atoms with Crippen LogP contribution in [0.25, 0.3) is 0 Å².